The Balaban J connectivity index is 1.38. The number of primary amides is 1. The molecule has 0 radical (unpaired) electrons. The number of benzene rings is 2. The van der Waals surface area contributed by atoms with E-state index in [1.54, 1.807) is 0 Å². The molecule has 1 fully saturated rings. The molecule has 2 aromatic carbocycles. The Labute approximate surface area is 230 Å². The van der Waals surface area contributed by atoms with Crippen LogP contribution in [0.5, 0.6) is 0 Å². The van der Waals surface area contributed by atoms with Crippen LogP contribution in [0.4, 0.5) is 10.1 Å². The number of amides is 4. The quantitative estimate of drug-likeness (QED) is 0.513. The summed E-state index contributed by atoms with van der Waals surface area (Å²) in [5.74, 6) is -3.02. The van der Waals surface area contributed by atoms with Crippen molar-refractivity contribution < 1.29 is 23.6 Å². The number of hydrogen-bond donors (Lipinski definition) is 2. The van der Waals surface area contributed by atoms with Crippen LogP contribution in [-0.2, 0) is 20.8 Å². The number of aromatic nitrogens is 3. The molecule has 0 saturated carbocycles. The molecule has 0 aliphatic carbocycles. The zero-order valence-electron chi connectivity index (χ0n) is 21.8. The van der Waals surface area contributed by atoms with Crippen LogP contribution in [-0.4, -0.2) is 74.1 Å². The van der Waals surface area contributed by atoms with Gasteiger partial charge >= 0.3 is 0 Å². The average Bonchev–Trinajstić information content (AvgIpc) is 3.61. The average molecular weight is 548 g/mol. The predicted octanol–water partition coefficient (Wildman–Crippen LogP) is 1.92. The van der Waals surface area contributed by atoms with Crippen LogP contribution in [0.25, 0.3) is 5.69 Å². The van der Waals surface area contributed by atoms with Crippen molar-refractivity contribution in [2.24, 2.45) is 11.7 Å². The Morgan fingerprint density at radius 3 is 2.48 bits per heavy atom. The number of hydrogen-bond acceptors (Lipinski definition) is 6. The number of aryl methyl sites for hydroxylation is 1. The first-order valence-corrected chi connectivity index (χ1v) is 13.2. The highest BCUT2D eigenvalue weighted by molar-refractivity contribution is 5.98. The minimum atomic E-state index is -0.958. The van der Waals surface area contributed by atoms with Gasteiger partial charge in [-0.15, -0.1) is 5.10 Å². The van der Waals surface area contributed by atoms with Gasteiger partial charge in [0, 0.05) is 18.8 Å². The Morgan fingerprint density at radius 2 is 1.75 bits per heavy atom. The molecular weight excluding hydrogens is 517 g/mol. The van der Waals surface area contributed by atoms with E-state index >= 15 is 0 Å². The SMILES string of the molecule is NC(=O)C1CC2CN1C(=O)CN(C(=O)c1cn(-c3ccc(F)cc3)nn1)CCCCCc1ccc(cc1)NC2=O. The lowest BCUT2D eigenvalue weighted by Crippen LogP contribution is -2.49. The third-order valence-corrected chi connectivity index (χ3v) is 7.35. The maximum absolute atomic E-state index is 13.5. The van der Waals surface area contributed by atoms with Crippen molar-refractivity contribution in [2.75, 3.05) is 25.0 Å². The molecule has 2 atom stereocenters. The summed E-state index contributed by atoms with van der Waals surface area (Å²) in [6.45, 7) is -0.0106. The smallest absolute Gasteiger partial charge is 0.276 e. The summed E-state index contributed by atoms with van der Waals surface area (Å²) in [5, 5.41) is 10.8. The van der Waals surface area contributed by atoms with E-state index in [9.17, 15) is 23.6 Å². The van der Waals surface area contributed by atoms with Crippen molar-refractivity contribution >= 4 is 29.3 Å². The molecule has 11 nitrogen and oxygen atoms in total. The number of rotatable bonds is 3. The second-order valence-corrected chi connectivity index (χ2v) is 10.1. The maximum atomic E-state index is 13.5. The minimum absolute atomic E-state index is 0.0130. The van der Waals surface area contributed by atoms with Crippen LogP contribution >= 0.6 is 0 Å². The van der Waals surface area contributed by atoms with E-state index in [-0.39, 0.29) is 37.7 Å². The summed E-state index contributed by atoms with van der Waals surface area (Å²) in [7, 11) is 0. The highest BCUT2D eigenvalue weighted by atomic mass is 19.1. The number of carbonyl (C=O) groups excluding carboxylic acids is 4. The third kappa shape index (κ3) is 6.00. The molecular formula is C28H30FN7O4. The number of nitrogens with one attached hydrogen (secondary N) is 1. The summed E-state index contributed by atoms with van der Waals surface area (Å²) in [6.07, 6.45) is 4.70. The fraction of sp³-hybridized carbons (Fsp3) is 0.357. The normalized spacial score (nSPS) is 20.3. The standard InChI is InChI=1S/C28H30FN7O4/c29-20-7-11-22(12-8-20)36-16-23(32-33-36)28(40)34-13-3-1-2-4-18-5-9-21(10-6-18)31-27(39)19-14-24(26(30)38)35(15-19)25(37)17-34/h5-12,16,19,24H,1-4,13-15,17H2,(H2,30,38)(H,31,39). The molecule has 3 aromatic rings. The van der Waals surface area contributed by atoms with Gasteiger partial charge in [0.2, 0.25) is 17.7 Å². The van der Waals surface area contributed by atoms with E-state index in [4.69, 9.17) is 5.73 Å². The maximum Gasteiger partial charge on any atom is 0.276 e. The summed E-state index contributed by atoms with van der Waals surface area (Å²) in [6, 6.07) is 12.2. The van der Waals surface area contributed by atoms with Gasteiger partial charge in [0.05, 0.1) is 17.8 Å². The molecule has 208 valence electrons. The Hall–Kier alpha value is -4.61. The van der Waals surface area contributed by atoms with E-state index in [0.29, 0.717) is 17.8 Å². The minimum Gasteiger partial charge on any atom is -0.368 e. The molecule has 4 amide bonds. The molecule has 3 N–H and O–H groups in total. The van der Waals surface area contributed by atoms with E-state index in [2.05, 4.69) is 15.6 Å². The van der Waals surface area contributed by atoms with Crippen molar-refractivity contribution in [1.82, 2.24) is 24.8 Å². The molecule has 40 heavy (non-hydrogen) atoms. The Bertz CT molecular complexity index is 1410. The lowest BCUT2D eigenvalue weighted by molar-refractivity contribution is -0.137. The van der Waals surface area contributed by atoms with Crippen LogP contribution in [0.2, 0.25) is 0 Å². The largest absolute Gasteiger partial charge is 0.368 e. The Kier molecular flexibility index (Phi) is 7.85. The second kappa shape index (κ2) is 11.6. The molecule has 1 aromatic heterocycles. The fourth-order valence-electron chi connectivity index (χ4n) is 5.13. The third-order valence-electron chi connectivity index (χ3n) is 7.35. The van der Waals surface area contributed by atoms with Gasteiger partial charge < -0.3 is 20.9 Å². The number of nitrogens with two attached hydrogens (primary N) is 1. The summed E-state index contributed by atoms with van der Waals surface area (Å²) >= 11 is 0. The van der Waals surface area contributed by atoms with Crippen molar-refractivity contribution in [3.05, 3.63) is 71.8 Å². The second-order valence-electron chi connectivity index (χ2n) is 10.1. The number of anilines is 1. The summed E-state index contributed by atoms with van der Waals surface area (Å²) in [4.78, 5) is 54.9. The van der Waals surface area contributed by atoms with Gasteiger partial charge in [-0.05, 0) is 67.6 Å². The lowest BCUT2D eigenvalue weighted by Gasteiger charge is -2.27. The van der Waals surface area contributed by atoms with Crippen molar-refractivity contribution in [3.8, 4) is 5.69 Å². The molecule has 2 unspecified atom stereocenters. The van der Waals surface area contributed by atoms with Gasteiger partial charge in [0.1, 0.15) is 18.4 Å². The monoisotopic (exact) mass is 547 g/mol. The number of carbonyl (C=O) groups is 4. The van der Waals surface area contributed by atoms with E-state index in [1.807, 2.05) is 24.3 Å². The van der Waals surface area contributed by atoms with Crippen LogP contribution in [0, 0.1) is 11.7 Å². The van der Waals surface area contributed by atoms with Crippen LogP contribution in [0.15, 0.2) is 54.7 Å². The van der Waals surface area contributed by atoms with Gasteiger partial charge in [-0.25, -0.2) is 9.07 Å². The molecule has 1 saturated heterocycles. The first-order chi connectivity index (χ1) is 19.3. The van der Waals surface area contributed by atoms with Crippen LogP contribution < -0.4 is 11.1 Å². The molecule has 12 heteroatoms. The molecule has 6 rings (SSSR count). The number of nitrogens with zero attached hydrogens (tertiary/aromatic N) is 5. The van der Waals surface area contributed by atoms with Crippen LogP contribution in [0.3, 0.4) is 0 Å². The zero-order valence-corrected chi connectivity index (χ0v) is 21.8. The number of fused-ring (bicyclic) bond motifs is 10. The van der Waals surface area contributed by atoms with Crippen molar-refractivity contribution in [3.63, 3.8) is 0 Å². The molecule has 4 heterocycles. The number of halogens is 1. The molecule has 4 bridgehead atoms. The summed E-state index contributed by atoms with van der Waals surface area (Å²) in [5.41, 5.74) is 7.92. The highest BCUT2D eigenvalue weighted by Gasteiger charge is 2.42. The zero-order chi connectivity index (χ0) is 28.2. The van der Waals surface area contributed by atoms with Crippen LogP contribution in [0.1, 0.15) is 41.7 Å². The van der Waals surface area contributed by atoms with Crippen molar-refractivity contribution in [1.29, 1.82) is 0 Å². The first-order valence-electron chi connectivity index (χ1n) is 13.2. The van der Waals surface area contributed by atoms with Gasteiger partial charge in [-0.3, -0.25) is 19.2 Å². The van der Waals surface area contributed by atoms with Gasteiger partial charge in [0.15, 0.2) is 5.69 Å². The molecule has 3 aliphatic rings. The van der Waals surface area contributed by atoms with Gasteiger partial charge in [0.25, 0.3) is 5.91 Å². The van der Waals surface area contributed by atoms with Gasteiger partial charge in [-0.2, -0.15) is 0 Å². The fourth-order valence-corrected chi connectivity index (χ4v) is 5.13. The topological polar surface area (TPSA) is 144 Å². The summed E-state index contributed by atoms with van der Waals surface area (Å²) < 4.78 is 14.7. The van der Waals surface area contributed by atoms with Gasteiger partial charge in [-0.1, -0.05) is 23.8 Å². The van der Waals surface area contributed by atoms with E-state index < -0.39 is 35.5 Å². The van der Waals surface area contributed by atoms with Crippen molar-refractivity contribution in [2.45, 2.75) is 38.1 Å². The molecule has 0 spiro atoms. The lowest BCUT2D eigenvalue weighted by atomic mass is 10.0. The predicted molar refractivity (Wildman–Crippen MR) is 143 cm³/mol. The van der Waals surface area contributed by atoms with E-state index in [0.717, 1.165) is 24.8 Å². The highest BCUT2D eigenvalue weighted by Crippen LogP contribution is 2.26. The molecule has 3 aliphatic heterocycles. The Morgan fingerprint density at radius 1 is 1.00 bits per heavy atom. The first kappa shape index (κ1) is 27.0. The van der Waals surface area contributed by atoms with E-state index in [1.165, 1.54) is 44.9 Å².